The van der Waals surface area contributed by atoms with Crippen molar-refractivity contribution < 1.29 is 19.2 Å². The van der Waals surface area contributed by atoms with Crippen molar-refractivity contribution in [3.05, 3.63) is 64.0 Å². The van der Waals surface area contributed by atoms with Crippen LogP contribution in [0.15, 0.2) is 53.9 Å². The number of thiazole rings is 1. The van der Waals surface area contributed by atoms with E-state index in [0.717, 1.165) is 11.3 Å². The van der Waals surface area contributed by atoms with E-state index in [4.69, 9.17) is 4.74 Å². The van der Waals surface area contributed by atoms with Crippen molar-refractivity contribution in [3.63, 3.8) is 0 Å². The maximum Gasteiger partial charge on any atom is 0.328 e. The third-order valence-corrected chi connectivity index (χ3v) is 4.92. The van der Waals surface area contributed by atoms with Gasteiger partial charge in [0.2, 0.25) is 0 Å². The van der Waals surface area contributed by atoms with Crippen LogP contribution in [0.1, 0.15) is 0 Å². The van der Waals surface area contributed by atoms with E-state index in [1.54, 1.807) is 35.7 Å². The second-order valence-electron chi connectivity index (χ2n) is 6.29. The Balaban J connectivity index is 1.31. The van der Waals surface area contributed by atoms with Gasteiger partial charge in [-0.15, -0.1) is 16.4 Å². The van der Waals surface area contributed by atoms with Crippen LogP contribution in [0.5, 0.6) is 0 Å². The van der Waals surface area contributed by atoms with Crippen LogP contribution in [0.4, 0.5) is 10.8 Å². The van der Waals surface area contributed by atoms with Gasteiger partial charge in [0, 0.05) is 23.1 Å². The topological polar surface area (TPSA) is 142 Å². The Kier molecular flexibility index (Phi) is 5.62. The summed E-state index contributed by atoms with van der Waals surface area (Å²) < 4.78 is 6.38. The number of carbonyl (C=O) groups excluding carboxylic acids is 2. The number of benzene rings is 2. The zero-order chi connectivity index (χ0) is 21.8. The van der Waals surface area contributed by atoms with Gasteiger partial charge in [0.1, 0.15) is 12.1 Å². The first kappa shape index (κ1) is 20.1. The number of amides is 1. The van der Waals surface area contributed by atoms with Crippen LogP contribution in [0, 0.1) is 10.1 Å². The zero-order valence-electron chi connectivity index (χ0n) is 15.8. The number of hydrogen-bond acceptors (Lipinski definition) is 9. The Hall–Kier alpha value is -4.19. The summed E-state index contributed by atoms with van der Waals surface area (Å²) in [5.74, 6) is -1.20. The fourth-order valence-corrected chi connectivity index (χ4v) is 3.48. The lowest BCUT2D eigenvalue weighted by molar-refractivity contribution is -0.384. The van der Waals surface area contributed by atoms with Crippen molar-refractivity contribution >= 4 is 45.1 Å². The van der Waals surface area contributed by atoms with Crippen LogP contribution in [-0.2, 0) is 20.9 Å². The number of non-ortho nitro benzene ring substituents is 1. The van der Waals surface area contributed by atoms with Crippen molar-refractivity contribution in [1.29, 1.82) is 0 Å². The van der Waals surface area contributed by atoms with Crippen LogP contribution in [0.25, 0.3) is 22.3 Å². The maximum absolute atomic E-state index is 12.1. The monoisotopic (exact) mass is 438 g/mol. The fourth-order valence-electron chi connectivity index (χ4n) is 2.75. The molecular weight excluding hydrogens is 424 g/mol. The molecule has 2 aromatic heterocycles. The molecule has 0 bridgehead atoms. The van der Waals surface area contributed by atoms with Crippen LogP contribution < -0.4 is 5.32 Å². The highest BCUT2D eigenvalue weighted by Crippen LogP contribution is 2.27. The highest BCUT2D eigenvalue weighted by molar-refractivity contribution is 7.14. The van der Waals surface area contributed by atoms with Gasteiger partial charge in [-0.2, -0.15) is 0 Å². The number of carbonyl (C=O) groups is 2. The lowest BCUT2D eigenvalue weighted by atomic mass is 10.1. The average Bonchev–Trinajstić information content (AvgIpc) is 3.40. The van der Waals surface area contributed by atoms with Gasteiger partial charge < -0.3 is 4.74 Å². The predicted molar refractivity (Wildman–Crippen MR) is 111 cm³/mol. The lowest BCUT2D eigenvalue weighted by Gasteiger charge is -2.05. The third kappa shape index (κ3) is 4.70. The SMILES string of the molecule is O=C(COC(=O)Cn1nnc2ccccc21)Nc1nc(-c2cccc([N+](=O)[O-])c2)cs1. The van der Waals surface area contributed by atoms with Crippen LogP contribution in [-0.4, -0.2) is 43.4 Å². The van der Waals surface area contributed by atoms with E-state index in [-0.39, 0.29) is 17.4 Å². The van der Waals surface area contributed by atoms with Gasteiger partial charge in [-0.25, -0.2) is 9.67 Å². The number of aromatic nitrogens is 4. The van der Waals surface area contributed by atoms with E-state index in [2.05, 4.69) is 20.6 Å². The number of para-hydroxylation sites is 1. The molecule has 0 saturated carbocycles. The first-order valence-electron chi connectivity index (χ1n) is 8.93. The summed E-state index contributed by atoms with van der Waals surface area (Å²) >= 11 is 1.15. The molecular formula is C19H14N6O5S. The maximum atomic E-state index is 12.1. The van der Waals surface area contributed by atoms with Gasteiger partial charge in [-0.1, -0.05) is 29.5 Å². The molecule has 0 aliphatic heterocycles. The fraction of sp³-hybridized carbons (Fsp3) is 0.105. The van der Waals surface area contributed by atoms with Gasteiger partial charge in [0.25, 0.3) is 11.6 Å². The molecule has 4 rings (SSSR count). The van der Waals surface area contributed by atoms with Gasteiger partial charge in [-0.3, -0.25) is 25.0 Å². The quantitative estimate of drug-likeness (QED) is 0.264. The van der Waals surface area contributed by atoms with E-state index in [1.165, 1.54) is 16.8 Å². The number of nitro groups is 1. The summed E-state index contributed by atoms with van der Waals surface area (Å²) in [5, 5.41) is 23.2. The number of nitrogens with one attached hydrogen (secondary N) is 1. The Labute approximate surface area is 178 Å². The second-order valence-corrected chi connectivity index (χ2v) is 7.15. The molecule has 0 aliphatic rings. The number of anilines is 1. The molecule has 1 N–H and O–H groups in total. The normalized spacial score (nSPS) is 10.7. The van der Waals surface area contributed by atoms with Crippen LogP contribution in [0.3, 0.4) is 0 Å². The minimum Gasteiger partial charge on any atom is -0.454 e. The zero-order valence-corrected chi connectivity index (χ0v) is 16.6. The smallest absolute Gasteiger partial charge is 0.328 e. The standard InChI is InChI=1S/C19H14N6O5S/c26-17(10-30-18(27)9-24-16-7-2-1-6-14(16)22-23-24)21-19-20-15(11-31-19)12-4-3-5-13(8-12)25(28)29/h1-8,11H,9-10H2,(H,20,21,26). The highest BCUT2D eigenvalue weighted by atomic mass is 32.1. The molecule has 0 saturated heterocycles. The minimum atomic E-state index is -0.637. The number of esters is 1. The van der Waals surface area contributed by atoms with E-state index < -0.39 is 23.4 Å². The molecule has 0 atom stereocenters. The molecule has 156 valence electrons. The molecule has 31 heavy (non-hydrogen) atoms. The molecule has 0 aliphatic carbocycles. The summed E-state index contributed by atoms with van der Waals surface area (Å²) in [5.41, 5.74) is 2.32. The van der Waals surface area contributed by atoms with Gasteiger partial charge in [0.05, 0.1) is 16.1 Å². The number of nitrogens with zero attached hydrogens (tertiary/aromatic N) is 5. The lowest BCUT2D eigenvalue weighted by Crippen LogP contribution is -2.23. The van der Waals surface area contributed by atoms with Crippen LogP contribution in [0.2, 0.25) is 0 Å². The van der Waals surface area contributed by atoms with Crippen molar-refractivity contribution in [1.82, 2.24) is 20.0 Å². The number of rotatable bonds is 7. The van der Waals surface area contributed by atoms with Crippen molar-refractivity contribution in [3.8, 4) is 11.3 Å². The molecule has 2 aromatic carbocycles. The van der Waals surface area contributed by atoms with Crippen molar-refractivity contribution in [2.24, 2.45) is 0 Å². The summed E-state index contributed by atoms with van der Waals surface area (Å²) in [7, 11) is 0. The van der Waals surface area contributed by atoms with Gasteiger partial charge in [-0.05, 0) is 12.1 Å². The van der Waals surface area contributed by atoms with Crippen LogP contribution >= 0.6 is 11.3 Å². The molecule has 0 unspecified atom stereocenters. The van der Waals surface area contributed by atoms with Gasteiger partial charge in [0.15, 0.2) is 11.7 Å². The molecule has 2 heterocycles. The summed E-state index contributed by atoms with van der Waals surface area (Å²) in [6.07, 6.45) is 0. The van der Waals surface area contributed by atoms with Gasteiger partial charge >= 0.3 is 5.97 Å². The molecule has 0 radical (unpaired) electrons. The largest absolute Gasteiger partial charge is 0.454 e. The second kappa shape index (κ2) is 8.67. The van der Waals surface area contributed by atoms with E-state index in [9.17, 15) is 19.7 Å². The molecule has 11 nitrogen and oxygen atoms in total. The summed E-state index contributed by atoms with van der Waals surface area (Å²) in [4.78, 5) is 38.8. The number of ether oxygens (including phenoxy) is 1. The average molecular weight is 438 g/mol. The Morgan fingerprint density at radius 3 is 2.87 bits per heavy atom. The Morgan fingerprint density at radius 1 is 1.19 bits per heavy atom. The Bertz CT molecular complexity index is 1280. The third-order valence-electron chi connectivity index (χ3n) is 4.17. The molecule has 12 heteroatoms. The summed E-state index contributed by atoms with van der Waals surface area (Å²) in [6.45, 7) is -0.667. The first-order valence-corrected chi connectivity index (χ1v) is 9.81. The molecule has 1 amide bonds. The van der Waals surface area contributed by atoms with E-state index in [0.29, 0.717) is 22.3 Å². The first-order chi connectivity index (χ1) is 15.0. The predicted octanol–water partition coefficient (Wildman–Crippen LogP) is 2.64. The number of nitro benzene ring substituents is 1. The molecule has 4 aromatic rings. The van der Waals surface area contributed by atoms with E-state index >= 15 is 0 Å². The van der Waals surface area contributed by atoms with Crippen molar-refractivity contribution in [2.75, 3.05) is 11.9 Å². The highest BCUT2D eigenvalue weighted by Gasteiger charge is 2.14. The molecule has 0 fully saturated rings. The Morgan fingerprint density at radius 2 is 2.03 bits per heavy atom. The molecule has 0 spiro atoms. The summed E-state index contributed by atoms with van der Waals surface area (Å²) in [6, 6.07) is 13.2. The van der Waals surface area contributed by atoms with Crippen molar-refractivity contribution in [2.45, 2.75) is 6.54 Å². The minimum absolute atomic E-state index is 0.0526. The number of hydrogen-bond donors (Lipinski definition) is 1. The number of fused-ring (bicyclic) bond motifs is 1. The van der Waals surface area contributed by atoms with E-state index in [1.807, 2.05) is 6.07 Å².